The highest BCUT2D eigenvalue weighted by Gasteiger charge is 2.13. The van der Waals surface area contributed by atoms with Crippen molar-refractivity contribution in [1.29, 1.82) is 0 Å². The van der Waals surface area contributed by atoms with Gasteiger partial charge in [-0.2, -0.15) is 0 Å². The van der Waals surface area contributed by atoms with Crippen LogP contribution in [-0.4, -0.2) is 20.3 Å². The van der Waals surface area contributed by atoms with Gasteiger partial charge in [0.2, 0.25) is 0 Å². The predicted octanol–water partition coefficient (Wildman–Crippen LogP) is 3.32. The van der Waals surface area contributed by atoms with Gasteiger partial charge >= 0.3 is 0 Å². The normalized spacial score (nSPS) is 14.1. The highest BCUT2D eigenvalue weighted by atomic mass is 16.5. The Balaban J connectivity index is 2.78. The summed E-state index contributed by atoms with van der Waals surface area (Å²) in [5.41, 5.74) is 7.16. The summed E-state index contributed by atoms with van der Waals surface area (Å²) in [6, 6.07) is 6.24. The van der Waals surface area contributed by atoms with Crippen molar-refractivity contribution in [3.05, 3.63) is 23.8 Å². The van der Waals surface area contributed by atoms with Crippen molar-refractivity contribution in [2.75, 3.05) is 14.2 Å². The zero-order chi connectivity index (χ0) is 13.5. The summed E-state index contributed by atoms with van der Waals surface area (Å²) in [5, 5.41) is 0. The topological polar surface area (TPSA) is 44.5 Å². The Kier molecular flexibility index (Phi) is 5.99. The number of hydrogen-bond acceptors (Lipinski definition) is 3. The van der Waals surface area contributed by atoms with Crippen LogP contribution in [0.2, 0.25) is 0 Å². The van der Waals surface area contributed by atoms with Crippen molar-refractivity contribution in [2.24, 2.45) is 5.73 Å². The maximum atomic E-state index is 5.97. The second-order valence-electron chi connectivity index (χ2n) is 4.75. The van der Waals surface area contributed by atoms with Crippen LogP contribution in [-0.2, 0) is 0 Å². The van der Waals surface area contributed by atoms with Crippen molar-refractivity contribution in [3.63, 3.8) is 0 Å². The molecule has 0 fully saturated rings. The third kappa shape index (κ3) is 3.91. The zero-order valence-electron chi connectivity index (χ0n) is 11.9. The molecule has 1 aromatic rings. The zero-order valence-corrected chi connectivity index (χ0v) is 11.9. The van der Waals surface area contributed by atoms with Gasteiger partial charge < -0.3 is 15.2 Å². The van der Waals surface area contributed by atoms with Crippen LogP contribution in [0, 0.1) is 0 Å². The Morgan fingerprint density at radius 2 is 1.89 bits per heavy atom. The van der Waals surface area contributed by atoms with Crippen LogP contribution in [0.5, 0.6) is 11.5 Å². The molecule has 0 bridgehead atoms. The molecule has 0 aromatic heterocycles. The van der Waals surface area contributed by atoms with Gasteiger partial charge in [0, 0.05) is 11.6 Å². The maximum absolute atomic E-state index is 5.97. The molecule has 0 saturated carbocycles. The number of rotatable bonds is 7. The fourth-order valence-electron chi connectivity index (χ4n) is 2.05. The average Bonchev–Trinajstić information content (AvgIpc) is 2.43. The van der Waals surface area contributed by atoms with Gasteiger partial charge in [-0.05, 0) is 43.4 Å². The first kappa shape index (κ1) is 14.8. The van der Waals surface area contributed by atoms with Gasteiger partial charge in [-0.15, -0.1) is 0 Å². The summed E-state index contributed by atoms with van der Waals surface area (Å²) < 4.78 is 10.7. The van der Waals surface area contributed by atoms with E-state index >= 15 is 0 Å². The van der Waals surface area contributed by atoms with Crippen LogP contribution in [0.3, 0.4) is 0 Å². The molecule has 0 aliphatic carbocycles. The van der Waals surface area contributed by atoms with E-state index in [4.69, 9.17) is 15.2 Å². The SMILES string of the molecule is CCC(N)CCC(C)c1cc(OC)ccc1OC. The van der Waals surface area contributed by atoms with Gasteiger partial charge in [0.1, 0.15) is 11.5 Å². The highest BCUT2D eigenvalue weighted by molar-refractivity contribution is 5.42. The fraction of sp³-hybridized carbons (Fsp3) is 0.600. The summed E-state index contributed by atoms with van der Waals surface area (Å²) in [7, 11) is 3.39. The Bertz CT molecular complexity index is 366. The van der Waals surface area contributed by atoms with Crippen molar-refractivity contribution < 1.29 is 9.47 Å². The lowest BCUT2D eigenvalue weighted by Gasteiger charge is -2.18. The van der Waals surface area contributed by atoms with E-state index in [1.165, 1.54) is 5.56 Å². The largest absolute Gasteiger partial charge is 0.497 e. The van der Waals surface area contributed by atoms with Crippen molar-refractivity contribution in [1.82, 2.24) is 0 Å². The molecule has 1 aromatic carbocycles. The van der Waals surface area contributed by atoms with Gasteiger partial charge in [0.05, 0.1) is 14.2 Å². The molecule has 2 unspecified atom stereocenters. The first-order valence-corrected chi connectivity index (χ1v) is 6.59. The molecule has 0 radical (unpaired) electrons. The minimum atomic E-state index is 0.295. The van der Waals surface area contributed by atoms with Gasteiger partial charge in [-0.1, -0.05) is 13.8 Å². The van der Waals surface area contributed by atoms with Crippen LogP contribution in [0.4, 0.5) is 0 Å². The van der Waals surface area contributed by atoms with Gasteiger partial charge in [0.25, 0.3) is 0 Å². The minimum absolute atomic E-state index is 0.295. The van der Waals surface area contributed by atoms with Crippen LogP contribution in [0.25, 0.3) is 0 Å². The van der Waals surface area contributed by atoms with Crippen molar-refractivity contribution in [3.8, 4) is 11.5 Å². The molecule has 0 amide bonds. The van der Waals surface area contributed by atoms with Crippen LogP contribution in [0.1, 0.15) is 44.6 Å². The number of hydrogen-bond donors (Lipinski definition) is 1. The lowest BCUT2D eigenvalue weighted by atomic mass is 9.93. The van der Waals surface area contributed by atoms with Crippen LogP contribution in [0.15, 0.2) is 18.2 Å². The van der Waals surface area contributed by atoms with Gasteiger partial charge in [0.15, 0.2) is 0 Å². The molecule has 18 heavy (non-hydrogen) atoms. The first-order chi connectivity index (χ1) is 8.62. The van der Waals surface area contributed by atoms with E-state index in [1.54, 1.807) is 14.2 Å². The Morgan fingerprint density at radius 1 is 1.17 bits per heavy atom. The molecule has 0 aliphatic rings. The molecular weight excluding hydrogens is 226 g/mol. The van der Waals surface area contributed by atoms with Gasteiger partial charge in [-0.25, -0.2) is 0 Å². The molecule has 3 nitrogen and oxygen atoms in total. The van der Waals surface area contributed by atoms with Crippen molar-refractivity contribution in [2.45, 2.75) is 45.1 Å². The monoisotopic (exact) mass is 251 g/mol. The second-order valence-corrected chi connectivity index (χ2v) is 4.75. The second kappa shape index (κ2) is 7.27. The number of methoxy groups -OCH3 is 2. The van der Waals surface area contributed by atoms with Gasteiger partial charge in [-0.3, -0.25) is 0 Å². The lowest BCUT2D eigenvalue weighted by molar-refractivity contribution is 0.393. The molecule has 0 saturated heterocycles. The molecule has 1 rings (SSSR count). The number of benzene rings is 1. The molecule has 2 atom stereocenters. The van der Waals surface area contributed by atoms with Crippen LogP contribution < -0.4 is 15.2 Å². The molecule has 0 spiro atoms. The highest BCUT2D eigenvalue weighted by Crippen LogP contribution is 2.33. The first-order valence-electron chi connectivity index (χ1n) is 6.59. The van der Waals surface area contributed by atoms with E-state index in [0.717, 1.165) is 30.8 Å². The number of nitrogens with two attached hydrogens (primary N) is 1. The maximum Gasteiger partial charge on any atom is 0.122 e. The van der Waals surface area contributed by atoms with E-state index in [9.17, 15) is 0 Å². The summed E-state index contributed by atoms with van der Waals surface area (Å²) in [6.45, 7) is 4.33. The Morgan fingerprint density at radius 3 is 2.44 bits per heavy atom. The summed E-state index contributed by atoms with van der Waals surface area (Å²) in [4.78, 5) is 0. The van der Waals surface area contributed by atoms with E-state index in [-0.39, 0.29) is 0 Å². The minimum Gasteiger partial charge on any atom is -0.497 e. The fourth-order valence-corrected chi connectivity index (χ4v) is 2.05. The molecule has 0 aliphatic heterocycles. The third-order valence-corrected chi connectivity index (χ3v) is 3.46. The Labute approximate surface area is 110 Å². The van der Waals surface area contributed by atoms with E-state index in [2.05, 4.69) is 19.9 Å². The molecule has 3 heteroatoms. The van der Waals surface area contributed by atoms with E-state index in [1.807, 2.05) is 12.1 Å². The number of ether oxygens (including phenoxy) is 2. The van der Waals surface area contributed by atoms with Crippen LogP contribution >= 0.6 is 0 Å². The van der Waals surface area contributed by atoms with E-state index < -0.39 is 0 Å². The third-order valence-electron chi connectivity index (χ3n) is 3.46. The smallest absolute Gasteiger partial charge is 0.122 e. The molecular formula is C15H25NO2. The Hall–Kier alpha value is -1.22. The molecule has 102 valence electrons. The summed E-state index contributed by atoms with van der Waals surface area (Å²) in [5.74, 6) is 2.22. The summed E-state index contributed by atoms with van der Waals surface area (Å²) in [6.07, 6.45) is 3.14. The molecule has 2 N–H and O–H groups in total. The van der Waals surface area contributed by atoms with Crippen molar-refractivity contribution >= 4 is 0 Å². The lowest BCUT2D eigenvalue weighted by Crippen LogP contribution is -2.19. The standard InChI is InChI=1S/C15H25NO2/c1-5-12(16)7-6-11(2)14-10-13(17-3)8-9-15(14)18-4/h8-12H,5-7,16H2,1-4H3. The predicted molar refractivity (Wildman–Crippen MR) is 75.5 cm³/mol. The molecule has 0 heterocycles. The van der Waals surface area contributed by atoms with E-state index in [0.29, 0.717) is 12.0 Å². The average molecular weight is 251 g/mol. The quantitative estimate of drug-likeness (QED) is 0.808. The summed E-state index contributed by atoms with van der Waals surface area (Å²) >= 11 is 0.